The highest BCUT2D eigenvalue weighted by atomic mass is 16.3. The molecule has 1 rings (SSSR count). The van der Waals surface area contributed by atoms with Gasteiger partial charge in [0.2, 0.25) is 0 Å². The first kappa shape index (κ1) is 37.7. The molecule has 0 spiro atoms. The molecule has 1 N–H and O–H groups in total. The Morgan fingerprint density at radius 2 is 1.72 bits per heavy atom. The van der Waals surface area contributed by atoms with Crippen LogP contribution in [0.4, 0.5) is 0 Å². The lowest BCUT2D eigenvalue weighted by Gasteiger charge is -2.33. The van der Waals surface area contributed by atoms with Crippen molar-refractivity contribution in [1.29, 1.82) is 0 Å². The zero-order chi connectivity index (χ0) is 32.6. The van der Waals surface area contributed by atoms with Gasteiger partial charge >= 0.3 is 0 Å². The Bertz CT molecular complexity index is 1250. The molecule has 43 heavy (non-hydrogen) atoms. The number of nitrogens with zero attached hydrogens (tertiary/aromatic N) is 1. The maximum Gasteiger partial charge on any atom is 0.165 e. The molecule has 0 fully saturated rings. The highest BCUT2D eigenvalue weighted by molar-refractivity contribution is 5.99. The Hall–Kier alpha value is -3.37. The molecule has 4 heteroatoms. The van der Waals surface area contributed by atoms with Gasteiger partial charge in [0.05, 0.1) is 11.1 Å². The number of carbonyl (C=O) groups excluding carboxylic acids is 2. The summed E-state index contributed by atoms with van der Waals surface area (Å²) in [5.41, 5.74) is 6.56. The van der Waals surface area contributed by atoms with Crippen molar-refractivity contribution < 1.29 is 14.7 Å². The van der Waals surface area contributed by atoms with Crippen LogP contribution in [0.3, 0.4) is 0 Å². The van der Waals surface area contributed by atoms with Crippen molar-refractivity contribution in [3.05, 3.63) is 107 Å². The minimum absolute atomic E-state index is 0.00753. The summed E-state index contributed by atoms with van der Waals surface area (Å²) in [7, 11) is 0. The molecule has 0 saturated heterocycles. The van der Waals surface area contributed by atoms with Gasteiger partial charge in [-0.2, -0.15) is 0 Å². The number of benzene rings is 1. The molecular weight excluding hydrogens is 530 g/mol. The van der Waals surface area contributed by atoms with Crippen LogP contribution in [0.25, 0.3) is 0 Å². The van der Waals surface area contributed by atoms with E-state index in [4.69, 9.17) is 4.99 Å². The molecule has 0 amide bonds. The zero-order valence-electron chi connectivity index (χ0n) is 27.8. The van der Waals surface area contributed by atoms with E-state index in [0.717, 1.165) is 47.2 Å². The average molecular weight is 586 g/mol. The van der Waals surface area contributed by atoms with E-state index in [1.54, 1.807) is 0 Å². The smallest absolute Gasteiger partial charge is 0.165 e. The van der Waals surface area contributed by atoms with Crippen molar-refractivity contribution in [3.63, 3.8) is 0 Å². The lowest BCUT2D eigenvalue weighted by molar-refractivity contribution is -0.120. The minimum Gasteiger partial charge on any atom is -0.396 e. The van der Waals surface area contributed by atoms with Crippen molar-refractivity contribution in [2.24, 2.45) is 10.9 Å². The standard InChI is InChI=1S/C39H55NO3/c1-11-17-33(18-12-2)32(10)36(40-15-5)27-30(8)34-20-21-35(31(9)26-34)39(23-13-3,37(42)14-4)24-16-19-28(6)38(43)29(7)22-25-41/h11-12,14-15,19-21,26-27,29-30,41H,1-2,4,13,16-18,22-25H2,3,5-10H3/b28-19-,36-27+,40-15?/t29-,30?,39?/m1/s1. The summed E-state index contributed by atoms with van der Waals surface area (Å²) in [4.78, 5) is 31.0. The van der Waals surface area contributed by atoms with Gasteiger partial charge in [0, 0.05) is 24.7 Å². The van der Waals surface area contributed by atoms with Crippen LogP contribution in [0.5, 0.6) is 0 Å². The monoisotopic (exact) mass is 585 g/mol. The summed E-state index contributed by atoms with van der Waals surface area (Å²) in [5.74, 6) is -0.0591. The molecule has 1 aromatic rings. The Balaban J connectivity index is 3.55. The van der Waals surface area contributed by atoms with Gasteiger partial charge in [-0.15, -0.1) is 13.2 Å². The molecule has 0 aliphatic heterocycles. The van der Waals surface area contributed by atoms with Crippen LogP contribution in [0.2, 0.25) is 0 Å². The number of hydrogen-bond acceptors (Lipinski definition) is 4. The molecule has 0 aliphatic rings. The zero-order valence-corrected chi connectivity index (χ0v) is 27.8. The highest BCUT2D eigenvalue weighted by Crippen LogP contribution is 2.39. The van der Waals surface area contributed by atoms with Crippen LogP contribution in [-0.4, -0.2) is 29.5 Å². The van der Waals surface area contributed by atoms with E-state index in [9.17, 15) is 14.7 Å². The van der Waals surface area contributed by atoms with E-state index in [1.807, 2.05) is 45.2 Å². The van der Waals surface area contributed by atoms with Gasteiger partial charge in [-0.3, -0.25) is 14.6 Å². The summed E-state index contributed by atoms with van der Waals surface area (Å²) < 4.78 is 0. The molecule has 234 valence electrons. The average Bonchev–Trinajstić information content (AvgIpc) is 2.99. The number of hydrogen-bond donors (Lipinski definition) is 1. The minimum atomic E-state index is -0.712. The second-order valence-corrected chi connectivity index (χ2v) is 11.6. The molecule has 1 aromatic carbocycles. The third kappa shape index (κ3) is 10.4. The van der Waals surface area contributed by atoms with Gasteiger partial charge in [-0.1, -0.05) is 81.8 Å². The summed E-state index contributed by atoms with van der Waals surface area (Å²) in [6, 6.07) is 6.44. The first-order valence-corrected chi connectivity index (χ1v) is 15.7. The SMILES string of the molecule is C=CCC(CC=C)=C(C)/C(=C\C(C)c1ccc(C(CCC)(CC/C=C(/C)C(=O)[C@H](C)CCO)C(=O)C=C)c(C)c1)N=CC. The molecule has 2 unspecified atom stereocenters. The normalized spacial score (nSPS) is 15.0. The molecule has 3 atom stereocenters. The third-order valence-corrected chi connectivity index (χ3v) is 8.42. The second-order valence-electron chi connectivity index (χ2n) is 11.6. The topological polar surface area (TPSA) is 66.7 Å². The van der Waals surface area contributed by atoms with Crippen LogP contribution in [0, 0.1) is 12.8 Å². The second kappa shape index (κ2) is 19.0. The highest BCUT2D eigenvalue weighted by Gasteiger charge is 2.38. The van der Waals surface area contributed by atoms with E-state index < -0.39 is 5.41 Å². The van der Waals surface area contributed by atoms with Gasteiger partial charge in [-0.05, 0) is 100 Å². The molecule has 0 saturated carbocycles. The van der Waals surface area contributed by atoms with Gasteiger partial charge in [-0.25, -0.2) is 0 Å². The van der Waals surface area contributed by atoms with Crippen molar-refractivity contribution in [2.75, 3.05) is 6.61 Å². The number of rotatable bonds is 20. The first-order chi connectivity index (χ1) is 20.5. The number of aliphatic imine (C=N–C) groups is 1. The predicted molar refractivity (Wildman–Crippen MR) is 185 cm³/mol. The molecule has 4 nitrogen and oxygen atoms in total. The summed E-state index contributed by atoms with van der Waals surface area (Å²) in [6.45, 7) is 25.7. The van der Waals surface area contributed by atoms with Crippen molar-refractivity contribution in [1.82, 2.24) is 0 Å². The molecule has 0 bridgehead atoms. The number of carbonyl (C=O) groups is 2. The van der Waals surface area contributed by atoms with Crippen molar-refractivity contribution >= 4 is 17.8 Å². The van der Waals surface area contributed by atoms with E-state index in [2.05, 4.69) is 71.7 Å². The lowest BCUT2D eigenvalue weighted by Crippen LogP contribution is -2.35. The van der Waals surface area contributed by atoms with Gasteiger partial charge < -0.3 is 5.11 Å². The van der Waals surface area contributed by atoms with Crippen LogP contribution >= 0.6 is 0 Å². The summed E-state index contributed by atoms with van der Waals surface area (Å²) in [5, 5.41) is 9.22. The van der Waals surface area contributed by atoms with Crippen LogP contribution in [0.1, 0.15) is 109 Å². The van der Waals surface area contributed by atoms with E-state index >= 15 is 0 Å². The Labute approximate surface area is 261 Å². The molecule has 0 aromatic heterocycles. The van der Waals surface area contributed by atoms with E-state index in [0.29, 0.717) is 31.3 Å². The summed E-state index contributed by atoms with van der Waals surface area (Å²) in [6.07, 6.45) is 16.0. The van der Waals surface area contributed by atoms with Crippen molar-refractivity contribution in [2.45, 2.75) is 105 Å². The number of ketones is 2. The van der Waals surface area contributed by atoms with Crippen LogP contribution in [-0.2, 0) is 15.0 Å². The molecular formula is C39H55NO3. The van der Waals surface area contributed by atoms with Gasteiger partial charge in [0.1, 0.15) is 0 Å². The Kier molecular flexibility index (Phi) is 16.7. The van der Waals surface area contributed by atoms with Gasteiger partial charge in [0.15, 0.2) is 11.6 Å². The lowest BCUT2D eigenvalue weighted by atomic mass is 9.68. The molecule has 0 radical (unpaired) electrons. The predicted octanol–water partition coefficient (Wildman–Crippen LogP) is 9.65. The fourth-order valence-corrected chi connectivity index (χ4v) is 5.91. The van der Waals surface area contributed by atoms with Crippen molar-refractivity contribution in [3.8, 4) is 0 Å². The van der Waals surface area contributed by atoms with E-state index in [-0.39, 0.29) is 30.0 Å². The largest absolute Gasteiger partial charge is 0.396 e. The van der Waals surface area contributed by atoms with E-state index in [1.165, 1.54) is 11.6 Å². The maximum atomic E-state index is 13.6. The quantitative estimate of drug-likeness (QED) is 0.0717. The Morgan fingerprint density at radius 1 is 1.07 bits per heavy atom. The van der Waals surface area contributed by atoms with Crippen LogP contribution in [0.15, 0.2) is 95.7 Å². The number of Topliss-reactive ketones (excluding diaryl/α,β-unsaturated/α-hetero) is 1. The number of allylic oxidation sites excluding steroid dienone is 8. The molecule has 0 aliphatic carbocycles. The van der Waals surface area contributed by atoms with Crippen LogP contribution < -0.4 is 0 Å². The Morgan fingerprint density at radius 3 is 2.23 bits per heavy atom. The fraction of sp³-hybridized carbons (Fsp3) is 0.462. The maximum absolute atomic E-state index is 13.6. The molecule has 0 heterocycles. The fourth-order valence-electron chi connectivity index (χ4n) is 5.91. The van der Waals surface area contributed by atoms with Gasteiger partial charge in [0.25, 0.3) is 0 Å². The summed E-state index contributed by atoms with van der Waals surface area (Å²) >= 11 is 0. The first-order valence-electron chi connectivity index (χ1n) is 15.7. The number of aliphatic hydroxyl groups is 1. The number of aryl methyl sites for hydroxylation is 1. The third-order valence-electron chi connectivity index (χ3n) is 8.42. The number of aliphatic hydroxyl groups excluding tert-OH is 1.